The zero-order chi connectivity index (χ0) is 10.2. The Morgan fingerprint density at radius 3 is 3.14 bits per heavy atom. The molecule has 0 aliphatic carbocycles. The van der Waals surface area contributed by atoms with Gasteiger partial charge in [-0.1, -0.05) is 0 Å². The third-order valence-electron chi connectivity index (χ3n) is 1.77. The molecule has 0 saturated heterocycles. The highest BCUT2D eigenvalue weighted by Crippen LogP contribution is 1.95. The van der Waals surface area contributed by atoms with Gasteiger partial charge in [-0.3, -0.25) is 0 Å². The minimum Gasteiger partial charge on any atom is -0.394 e. The number of nitrogens with zero attached hydrogens (tertiary/aromatic N) is 2. The lowest BCUT2D eigenvalue weighted by atomic mass is 10.5. The lowest BCUT2D eigenvalue weighted by Gasteiger charge is -2.02. The summed E-state index contributed by atoms with van der Waals surface area (Å²) in [5.74, 6) is 0. The topological polar surface area (TPSA) is 59.3 Å². The van der Waals surface area contributed by atoms with E-state index in [1.807, 2.05) is 17.8 Å². The number of nitrogens with one attached hydrogen (secondary N) is 1. The molecule has 1 heterocycles. The van der Waals surface area contributed by atoms with Gasteiger partial charge >= 0.3 is 0 Å². The standard InChI is InChI=1S/C9H17N3O2/c1-10-6-9-7-12(8-11-9)2-4-14-5-3-13/h7-8,10,13H,2-6H2,1H3. The summed E-state index contributed by atoms with van der Waals surface area (Å²) in [5.41, 5.74) is 1.02. The van der Waals surface area contributed by atoms with Gasteiger partial charge in [0.1, 0.15) is 0 Å². The van der Waals surface area contributed by atoms with Crippen molar-refractivity contribution in [2.45, 2.75) is 13.1 Å². The van der Waals surface area contributed by atoms with E-state index in [-0.39, 0.29) is 6.61 Å². The van der Waals surface area contributed by atoms with Gasteiger partial charge in [0.05, 0.1) is 31.8 Å². The number of hydrogen-bond acceptors (Lipinski definition) is 4. The van der Waals surface area contributed by atoms with Crippen molar-refractivity contribution < 1.29 is 9.84 Å². The molecule has 14 heavy (non-hydrogen) atoms. The lowest BCUT2D eigenvalue weighted by Crippen LogP contribution is -2.07. The molecule has 0 aliphatic heterocycles. The van der Waals surface area contributed by atoms with Crippen LogP contribution >= 0.6 is 0 Å². The summed E-state index contributed by atoms with van der Waals surface area (Å²) < 4.78 is 7.12. The second-order valence-electron chi connectivity index (χ2n) is 2.97. The summed E-state index contributed by atoms with van der Waals surface area (Å²) in [5, 5.41) is 11.5. The highest BCUT2D eigenvalue weighted by Gasteiger charge is 1.96. The van der Waals surface area contributed by atoms with Crippen LogP contribution in [-0.2, 0) is 17.8 Å². The third kappa shape index (κ3) is 3.87. The van der Waals surface area contributed by atoms with Gasteiger partial charge in [-0.05, 0) is 7.05 Å². The quantitative estimate of drug-likeness (QED) is 0.587. The molecule has 5 heteroatoms. The van der Waals surface area contributed by atoms with E-state index in [1.165, 1.54) is 0 Å². The van der Waals surface area contributed by atoms with E-state index in [9.17, 15) is 0 Å². The van der Waals surface area contributed by atoms with Gasteiger partial charge < -0.3 is 19.7 Å². The molecule has 5 nitrogen and oxygen atoms in total. The summed E-state index contributed by atoms with van der Waals surface area (Å²) in [7, 11) is 1.89. The molecule has 2 N–H and O–H groups in total. The molecule has 1 aromatic heterocycles. The Labute approximate surface area is 83.7 Å². The van der Waals surface area contributed by atoms with E-state index >= 15 is 0 Å². The number of aliphatic hydroxyl groups excluding tert-OH is 1. The third-order valence-corrected chi connectivity index (χ3v) is 1.77. The maximum absolute atomic E-state index is 8.49. The van der Waals surface area contributed by atoms with Crippen molar-refractivity contribution in [2.75, 3.05) is 26.9 Å². The summed E-state index contributed by atoms with van der Waals surface area (Å²) in [6.45, 7) is 2.64. The average molecular weight is 199 g/mol. The number of rotatable bonds is 7. The molecule has 0 radical (unpaired) electrons. The first-order chi connectivity index (χ1) is 6.86. The average Bonchev–Trinajstić information content (AvgIpc) is 2.61. The first-order valence-electron chi connectivity index (χ1n) is 4.70. The van der Waals surface area contributed by atoms with Gasteiger partial charge in [0.15, 0.2) is 0 Å². The van der Waals surface area contributed by atoms with Crippen LogP contribution in [0.1, 0.15) is 5.69 Å². The normalized spacial score (nSPS) is 10.7. The highest BCUT2D eigenvalue weighted by atomic mass is 16.5. The smallest absolute Gasteiger partial charge is 0.0950 e. The first kappa shape index (κ1) is 11.2. The fourth-order valence-electron chi connectivity index (χ4n) is 1.14. The largest absolute Gasteiger partial charge is 0.394 e. The van der Waals surface area contributed by atoms with Crippen LogP contribution in [0.15, 0.2) is 12.5 Å². The zero-order valence-corrected chi connectivity index (χ0v) is 8.44. The summed E-state index contributed by atoms with van der Waals surface area (Å²) >= 11 is 0. The summed E-state index contributed by atoms with van der Waals surface area (Å²) in [6, 6.07) is 0. The van der Waals surface area contributed by atoms with E-state index in [0.29, 0.717) is 13.2 Å². The minimum absolute atomic E-state index is 0.0783. The van der Waals surface area contributed by atoms with Crippen molar-refractivity contribution in [3.63, 3.8) is 0 Å². The fraction of sp³-hybridized carbons (Fsp3) is 0.667. The van der Waals surface area contributed by atoms with Crippen molar-refractivity contribution in [3.05, 3.63) is 18.2 Å². The molecule has 1 aromatic rings. The Hall–Kier alpha value is -0.910. The lowest BCUT2D eigenvalue weighted by molar-refractivity contribution is 0.0870. The monoisotopic (exact) mass is 199 g/mol. The molecule has 0 spiro atoms. The van der Waals surface area contributed by atoms with Crippen molar-refractivity contribution in [1.82, 2.24) is 14.9 Å². The molecule has 0 fully saturated rings. The van der Waals surface area contributed by atoms with Crippen molar-refractivity contribution in [3.8, 4) is 0 Å². The minimum atomic E-state index is 0.0783. The Balaban J connectivity index is 2.22. The fourth-order valence-corrected chi connectivity index (χ4v) is 1.14. The molecule has 0 aromatic carbocycles. The van der Waals surface area contributed by atoms with Gasteiger partial charge in [0.2, 0.25) is 0 Å². The van der Waals surface area contributed by atoms with Crippen LogP contribution in [-0.4, -0.2) is 41.5 Å². The number of hydrogen-bond donors (Lipinski definition) is 2. The summed E-state index contributed by atoms with van der Waals surface area (Å²) in [6.07, 6.45) is 3.77. The Kier molecular flexibility index (Phi) is 5.21. The molecule has 0 saturated carbocycles. The second-order valence-corrected chi connectivity index (χ2v) is 2.97. The molecule has 0 amide bonds. The van der Waals surface area contributed by atoms with Crippen LogP contribution in [0.25, 0.3) is 0 Å². The van der Waals surface area contributed by atoms with E-state index in [1.54, 1.807) is 6.33 Å². The van der Waals surface area contributed by atoms with Gasteiger partial charge in [0.25, 0.3) is 0 Å². The Bertz CT molecular complexity index is 250. The second kappa shape index (κ2) is 6.53. The van der Waals surface area contributed by atoms with Crippen LogP contribution < -0.4 is 5.32 Å². The maximum Gasteiger partial charge on any atom is 0.0950 e. The predicted octanol–water partition coefficient (Wildman–Crippen LogP) is -0.389. The van der Waals surface area contributed by atoms with E-state index in [2.05, 4.69) is 10.3 Å². The summed E-state index contributed by atoms with van der Waals surface area (Å²) in [4.78, 5) is 4.20. The molecular weight excluding hydrogens is 182 g/mol. The first-order valence-corrected chi connectivity index (χ1v) is 4.70. The van der Waals surface area contributed by atoms with Crippen molar-refractivity contribution in [1.29, 1.82) is 0 Å². The molecule has 80 valence electrons. The van der Waals surface area contributed by atoms with Crippen LogP contribution in [0.3, 0.4) is 0 Å². The van der Waals surface area contributed by atoms with Crippen LogP contribution in [0.2, 0.25) is 0 Å². The van der Waals surface area contributed by atoms with E-state index in [0.717, 1.165) is 18.8 Å². The predicted molar refractivity (Wildman–Crippen MR) is 52.9 cm³/mol. The van der Waals surface area contributed by atoms with Crippen molar-refractivity contribution in [2.24, 2.45) is 0 Å². The molecule has 1 rings (SSSR count). The van der Waals surface area contributed by atoms with E-state index in [4.69, 9.17) is 9.84 Å². The number of aliphatic hydroxyl groups is 1. The Morgan fingerprint density at radius 1 is 1.57 bits per heavy atom. The van der Waals surface area contributed by atoms with Crippen molar-refractivity contribution >= 4 is 0 Å². The van der Waals surface area contributed by atoms with E-state index < -0.39 is 0 Å². The molecule has 0 aliphatic rings. The van der Waals surface area contributed by atoms with Gasteiger partial charge in [-0.15, -0.1) is 0 Å². The number of imidazole rings is 1. The SMILES string of the molecule is CNCc1cn(CCOCCO)cn1. The highest BCUT2D eigenvalue weighted by molar-refractivity contribution is 4.95. The molecular formula is C9H17N3O2. The van der Waals surface area contributed by atoms with Crippen LogP contribution in [0.4, 0.5) is 0 Å². The molecule has 0 atom stereocenters. The number of ether oxygens (including phenoxy) is 1. The number of aromatic nitrogens is 2. The van der Waals surface area contributed by atoms with Crippen LogP contribution in [0, 0.1) is 0 Å². The molecule has 0 unspecified atom stereocenters. The maximum atomic E-state index is 8.49. The van der Waals surface area contributed by atoms with Crippen LogP contribution in [0.5, 0.6) is 0 Å². The van der Waals surface area contributed by atoms with Gasteiger partial charge in [0, 0.05) is 19.3 Å². The Morgan fingerprint density at radius 2 is 2.43 bits per heavy atom. The molecule has 0 bridgehead atoms. The van der Waals surface area contributed by atoms with Gasteiger partial charge in [-0.2, -0.15) is 0 Å². The van der Waals surface area contributed by atoms with Gasteiger partial charge in [-0.25, -0.2) is 4.98 Å². The zero-order valence-electron chi connectivity index (χ0n) is 8.44.